The lowest BCUT2D eigenvalue weighted by molar-refractivity contribution is -0.125. The van der Waals surface area contributed by atoms with Crippen LogP contribution >= 0.6 is 0 Å². The van der Waals surface area contributed by atoms with Crippen molar-refractivity contribution in [1.29, 1.82) is 0 Å². The predicted molar refractivity (Wildman–Crippen MR) is 119 cm³/mol. The molecular weight excluding hydrogens is 430 g/mol. The molecule has 3 amide bonds. The average molecular weight is 452 g/mol. The van der Waals surface area contributed by atoms with Gasteiger partial charge < -0.3 is 16.4 Å². The van der Waals surface area contributed by atoms with Gasteiger partial charge in [-0.15, -0.1) is 0 Å². The molecule has 0 aromatic heterocycles. The van der Waals surface area contributed by atoms with E-state index in [0.717, 1.165) is 0 Å². The molecule has 7 nitrogen and oxygen atoms in total. The summed E-state index contributed by atoms with van der Waals surface area (Å²) in [7, 11) is 0. The van der Waals surface area contributed by atoms with E-state index in [9.17, 15) is 23.2 Å². The standard InChI is InChI=1S/C24H22F2N4O3/c25-14-3-7-16(8-4-14)28-20-12-18-19(23(33)29-22(18)32)13-24(20,11-1-2-21(27)31)30-17-9-5-15(26)6-10-17/h3-10,12-13,18,28,30H,1-2,11H2,(H2,27,31)(H,29,32,33). The van der Waals surface area contributed by atoms with Gasteiger partial charge in [0.25, 0.3) is 5.91 Å². The largest absolute Gasteiger partial charge is 0.371 e. The van der Waals surface area contributed by atoms with Crippen LogP contribution < -0.4 is 21.7 Å². The summed E-state index contributed by atoms with van der Waals surface area (Å²) in [5.74, 6) is -3.03. The first-order valence-corrected chi connectivity index (χ1v) is 10.4. The zero-order valence-corrected chi connectivity index (χ0v) is 17.5. The van der Waals surface area contributed by atoms with E-state index in [-0.39, 0.29) is 12.0 Å². The van der Waals surface area contributed by atoms with Gasteiger partial charge in [-0.1, -0.05) is 0 Å². The lowest BCUT2D eigenvalue weighted by Gasteiger charge is -2.39. The fourth-order valence-electron chi connectivity index (χ4n) is 4.07. The van der Waals surface area contributed by atoms with Crippen LogP contribution in [0.3, 0.4) is 0 Å². The van der Waals surface area contributed by atoms with Gasteiger partial charge >= 0.3 is 0 Å². The van der Waals surface area contributed by atoms with Crippen LogP contribution in [0.4, 0.5) is 20.2 Å². The zero-order chi connectivity index (χ0) is 23.6. The van der Waals surface area contributed by atoms with E-state index in [4.69, 9.17) is 5.73 Å². The van der Waals surface area contributed by atoms with Gasteiger partial charge in [-0.3, -0.25) is 19.7 Å². The number of hydrogen-bond acceptors (Lipinski definition) is 5. The third-order valence-corrected chi connectivity index (χ3v) is 5.66. The monoisotopic (exact) mass is 452 g/mol. The summed E-state index contributed by atoms with van der Waals surface area (Å²) >= 11 is 0. The molecule has 0 radical (unpaired) electrons. The quantitative estimate of drug-likeness (QED) is 0.460. The average Bonchev–Trinajstić information content (AvgIpc) is 3.04. The number of nitrogens with two attached hydrogens (primary N) is 1. The molecule has 33 heavy (non-hydrogen) atoms. The molecule has 0 spiro atoms. The number of anilines is 2. The molecule has 2 atom stereocenters. The Labute approximate surface area is 188 Å². The van der Waals surface area contributed by atoms with E-state index < -0.39 is 40.8 Å². The Morgan fingerprint density at radius 2 is 1.61 bits per heavy atom. The van der Waals surface area contributed by atoms with E-state index in [1.54, 1.807) is 36.4 Å². The second-order valence-electron chi connectivity index (χ2n) is 8.03. The smallest absolute Gasteiger partial charge is 0.254 e. The molecule has 9 heteroatoms. The maximum absolute atomic E-state index is 13.5. The number of amides is 3. The third-order valence-electron chi connectivity index (χ3n) is 5.66. The highest BCUT2D eigenvalue weighted by Crippen LogP contribution is 2.39. The number of carbonyl (C=O) groups is 3. The van der Waals surface area contributed by atoms with Crippen LogP contribution in [0.25, 0.3) is 0 Å². The number of benzene rings is 2. The first-order valence-electron chi connectivity index (χ1n) is 10.4. The number of hydrogen-bond donors (Lipinski definition) is 4. The van der Waals surface area contributed by atoms with Crippen molar-refractivity contribution in [2.45, 2.75) is 24.8 Å². The van der Waals surface area contributed by atoms with Crippen molar-refractivity contribution in [3.8, 4) is 0 Å². The maximum Gasteiger partial charge on any atom is 0.254 e. The van der Waals surface area contributed by atoms with Crippen LogP contribution in [0.1, 0.15) is 19.3 Å². The maximum atomic E-state index is 13.5. The number of nitrogens with one attached hydrogen (secondary N) is 3. The summed E-state index contributed by atoms with van der Waals surface area (Å²) in [6.07, 6.45) is 4.10. The number of rotatable bonds is 8. The van der Waals surface area contributed by atoms with E-state index in [1.165, 1.54) is 24.3 Å². The summed E-state index contributed by atoms with van der Waals surface area (Å²) in [6.45, 7) is 0. The fraction of sp³-hybridized carbons (Fsp3) is 0.208. The molecule has 1 heterocycles. The second kappa shape index (κ2) is 8.85. The van der Waals surface area contributed by atoms with Gasteiger partial charge in [0.15, 0.2) is 0 Å². The van der Waals surface area contributed by atoms with Crippen molar-refractivity contribution < 1.29 is 23.2 Å². The van der Waals surface area contributed by atoms with Crippen LogP contribution in [-0.2, 0) is 14.4 Å². The topological polar surface area (TPSA) is 113 Å². The van der Waals surface area contributed by atoms with Crippen LogP contribution in [0.2, 0.25) is 0 Å². The third kappa shape index (κ3) is 4.77. The number of fused-ring (bicyclic) bond motifs is 1. The molecule has 1 fully saturated rings. The fourth-order valence-corrected chi connectivity index (χ4v) is 4.07. The number of imide groups is 1. The highest BCUT2D eigenvalue weighted by Gasteiger charge is 2.45. The van der Waals surface area contributed by atoms with Crippen molar-refractivity contribution >= 4 is 29.1 Å². The first kappa shape index (κ1) is 22.2. The van der Waals surface area contributed by atoms with Crippen LogP contribution in [0, 0.1) is 17.6 Å². The predicted octanol–water partition coefficient (Wildman–Crippen LogP) is 2.98. The van der Waals surface area contributed by atoms with Crippen molar-refractivity contribution in [2.24, 2.45) is 11.7 Å². The first-order chi connectivity index (χ1) is 15.8. The van der Waals surface area contributed by atoms with Gasteiger partial charge in [-0.2, -0.15) is 0 Å². The molecule has 1 aliphatic heterocycles. The molecule has 0 bridgehead atoms. The van der Waals surface area contributed by atoms with Crippen molar-refractivity contribution in [1.82, 2.24) is 5.32 Å². The van der Waals surface area contributed by atoms with E-state index in [2.05, 4.69) is 16.0 Å². The van der Waals surface area contributed by atoms with E-state index in [0.29, 0.717) is 29.9 Å². The number of primary amides is 1. The molecule has 2 aliphatic rings. The van der Waals surface area contributed by atoms with Gasteiger partial charge in [-0.25, -0.2) is 8.78 Å². The Morgan fingerprint density at radius 3 is 2.21 bits per heavy atom. The normalized spacial score (nSPS) is 21.6. The second-order valence-corrected chi connectivity index (χ2v) is 8.03. The van der Waals surface area contributed by atoms with E-state index in [1.807, 2.05) is 0 Å². The lowest BCUT2D eigenvalue weighted by atomic mass is 9.78. The zero-order valence-electron chi connectivity index (χ0n) is 17.5. The summed E-state index contributed by atoms with van der Waals surface area (Å²) in [4.78, 5) is 36.2. The molecule has 2 aromatic carbocycles. The Hall–Kier alpha value is -4.01. The van der Waals surface area contributed by atoms with Crippen molar-refractivity contribution in [3.63, 3.8) is 0 Å². The number of carbonyl (C=O) groups excluding carboxylic acids is 3. The summed E-state index contributed by atoms with van der Waals surface area (Å²) < 4.78 is 26.9. The van der Waals surface area contributed by atoms with Gasteiger partial charge in [0.2, 0.25) is 11.8 Å². The van der Waals surface area contributed by atoms with Gasteiger partial charge in [0, 0.05) is 29.1 Å². The highest BCUT2D eigenvalue weighted by atomic mass is 19.1. The van der Waals surface area contributed by atoms with Crippen LogP contribution in [0.5, 0.6) is 0 Å². The molecule has 2 aromatic rings. The minimum absolute atomic E-state index is 0.106. The molecule has 4 rings (SSSR count). The SMILES string of the molecule is NC(=O)CCCC1(Nc2ccc(F)cc2)C=C2C(=O)NC(=O)C2C=C1Nc1ccc(F)cc1. The van der Waals surface area contributed by atoms with Gasteiger partial charge in [-0.05, 0) is 73.5 Å². The molecular formula is C24H22F2N4O3. The minimum Gasteiger partial charge on any atom is -0.371 e. The Balaban J connectivity index is 1.78. The molecule has 0 saturated carbocycles. The van der Waals surface area contributed by atoms with Crippen LogP contribution in [0.15, 0.2) is 72.0 Å². The molecule has 5 N–H and O–H groups in total. The summed E-state index contributed by atoms with van der Waals surface area (Å²) in [5, 5.41) is 8.87. The summed E-state index contributed by atoms with van der Waals surface area (Å²) in [5.41, 5.74) is 6.19. The Kier molecular flexibility index (Phi) is 5.95. The lowest BCUT2D eigenvalue weighted by Crippen LogP contribution is -2.44. The molecule has 2 unspecified atom stereocenters. The molecule has 1 aliphatic carbocycles. The molecule has 170 valence electrons. The molecule has 1 saturated heterocycles. The van der Waals surface area contributed by atoms with Crippen molar-refractivity contribution in [2.75, 3.05) is 10.6 Å². The van der Waals surface area contributed by atoms with Gasteiger partial charge in [0.05, 0.1) is 11.5 Å². The Morgan fingerprint density at radius 1 is 1.00 bits per heavy atom. The van der Waals surface area contributed by atoms with E-state index >= 15 is 0 Å². The summed E-state index contributed by atoms with van der Waals surface area (Å²) in [6, 6.07) is 11.3. The number of halogens is 2. The van der Waals surface area contributed by atoms with Crippen molar-refractivity contribution in [3.05, 3.63) is 83.6 Å². The highest BCUT2D eigenvalue weighted by molar-refractivity contribution is 6.16. The van der Waals surface area contributed by atoms with Crippen LogP contribution in [-0.4, -0.2) is 23.3 Å². The van der Waals surface area contributed by atoms with Gasteiger partial charge in [0.1, 0.15) is 11.6 Å². The Bertz CT molecular complexity index is 1160. The minimum atomic E-state index is -1.06.